The van der Waals surface area contributed by atoms with Crippen LogP contribution in [0.15, 0.2) is 36.5 Å². The molecule has 0 aliphatic carbocycles. The summed E-state index contributed by atoms with van der Waals surface area (Å²) < 4.78 is 19.1. The molecule has 3 atom stereocenters. The minimum Gasteiger partial charge on any atom is -0.490 e. The number of nitrogens with one attached hydrogen (secondary N) is 1. The lowest BCUT2D eigenvalue weighted by molar-refractivity contribution is -0.135. The van der Waals surface area contributed by atoms with Gasteiger partial charge in [-0.25, -0.2) is 9.37 Å². The highest BCUT2D eigenvalue weighted by atomic mass is 35.5. The number of ether oxygens (including phenoxy) is 1. The highest BCUT2D eigenvalue weighted by Crippen LogP contribution is 2.37. The minimum atomic E-state index is -0.668. The Morgan fingerprint density at radius 2 is 1.90 bits per heavy atom. The van der Waals surface area contributed by atoms with Crippen LogP contribution in [0.4, 0.5) is 10.2 Å². The standard InChI is InChI=1S/C21H22ClFN4O3/c22-12-7-18(20(24)29)21(25-10-12)26-11-19(28)27-14-3-4-15(27)9-17(8-14)30-16-5-1-13(23)2-6-16/h1-2,5-7,10,14-15,17H,3-4,8-9,11H2,(H2,24,29)(H,25,26)/t14-,15+,17?. The zero-order valence-corrected chi connectivity index (χ0v) is 16.9. The van der Waals surface area contributed by atoms with Gasteiger partial charge in [0.15, 0.2) is 0 Å². The number of carbonyl (C=O) groups excluding carboxylic acids is 2. The molecule has 2 bridgehead atoms. The number of aromatic nitrogens is 1. The van der Waals surface area contributed by atoms with E-state index in [1.807, 2.05) is 4.90 Å². The van der Waals surface area contributed by atoms with E-state index in [1.165, 1.54) is 24.4 Å². The Morgan fingerprint density at radius 1 is 1.23 bits per heavy atom. The maximum absolute atomic E-state index is 13.1. The van der Waals surface area contributed by atoms with E-state index in [9.17, 15) is 14.0 Å². The fourth-order valence-corrected chi connectivity index (χ4v) is 4.51. The fraction of sp³-hybridized carbons (Fsp3) is 0.381. The first-order valence-electron chi connectivity index (χ1n) is 9.83. The molecule has 2 amide bonds. The monoisotopic (exact) mass is 432 g/mol. The molecule has 7 nitrogen and oxygen atoms in total. The Balaban J connectivity index is 1.37. The van der Waals surface area contributed by atoms with E-state index in [0.717, 1.165) is 25.7 Å². The molecule has 1 aromatic carbocycles. The summed E-state index contributed by atoms with van der Waals surface area (Å²) in [6.07, 6.45) is 4.68. The molecule has 4 rings (SSSR count). The third kappa shape index (κ3) is 4.33. The van der Waals surface area contributed by atoms with Gasteiger partial charge in [0.2, 0.25) is 5.91 Å². The van der Waals surface area contributed by atoms with Crippen LogP contribution in [-0.4, -0.2) is 46.4 Å². The van der Waals surface area contributed by atoms with E-state index >= 15 is 0 Å². The van der Waals surface area contributed by atoms with Gasteiger partial charge in [0.1, 0.15) is 23.5 Å². The summed E-state index contributed by atoms with van der Waals surface area (Å²) in [5.74, 6) is -0.157. The lowest BCUT2D eigenvalue weighted by Gasteiger charge is -2.39. The summed E-state index contributed by atoms with van der Waals surface area (Å²) in [6.45, 7) is 0.00536. The van der Waals surface area contributed by atoms with Crippen LogP contribution < -0.4 is 15.8 Å². The molecule has 3 N–H and O–H groups in total. The molecule has 158 valence electrons. The van der Waals surface area contributed by atoms with Crippen molar-refractivity contribution in [3.8, 4) is 5.75 Å². The largest absolute Gasteiger partial charge is 0.490 e. The van der Waals surface area contributed by atoms with Crippen LogP contribution in [0.25, 0.3) is 0 Å². The Labute approximate surface area is 178 Å². The third-order valence-corrected chi connectivity index (χ3v) is 5.83. The summed E-state index contributed by atoms with van der Waals surface area (Å²) in [7, 11) is 0. The molecular formula is C21H22ClFN4O3. The molecule has 1 unspecified atom stereocenters. The zero-order valence-electron chi connectivity index (χ0n) is 16.2. The zero-order chi connectivity index (χ0) is 21.3. The Bertz CT molecular complexity index is 942. The van der Waals surface area contributed by atoms with Crippen molar-refractivity contribution in [2.45, 2.75) is 43.9 Å². The van der Waals surface area contributed by atoms with Gasteiger partial charge in [-0.1, -0.05) is 11.6 Å². The number of hydrogen-bond acceptors (Lipinski definition) is 5. The number of amides is 2. The van der Waals surface area contributed by atoms with Gasteiger partial charge in [0.05, 0.1) is 17.1 Å². The second-order valence-electron chi connectivity index (χ2n) is 7.62. The number of halogens is 2. The van der Waals surface area contributed by atoms with E-state index in [2.05, 4.69) is 10.3 Å². The predicted molar refractivity (Wildman–Crippen MR) is 110 cm³/mol. The van der Waals surface area contributed by atoms with Crippen molar-refractivity contribution < 1.29 is 18.7 Å². The molecule has 2 aliphatic heterocycles. The van der Waals surface area contributed by atoms with Crippen molar-refractivity contribution in [1.29, 1.82) is 0 Å². The van der Waals surface area contributed by atoms with Crippen molar-refractivity contribution in [3.05, 3.63) is 52.9 Å². The van der Waals surface area contributed by atoms with Crippen LogP contribution in [0.1, 0.15) is 36.0 Å². The number of anilines is 1. The number of primary amides is 1. The third-order valence-electron chi connectivity index (χ3n) is 5.62. The normalized spacial score (nSPS) is 22.6. The van der Waals surface area contributed by atoms with Gasteiger partial charge in [-0.2, -0.15) is 0 Å². The van der Waals surface area contributed by atoms with Crippen LogP contribution in [0.5, 0.6) is 5.75 Å². The van der Waals surface area contributed by atoms with Gasteiger partial charge in [0.25, 0.3) is 5.91 Å². The molecule has 2 saturated heterocycles. The molecule has 3 heterocycles. The summed E-state index contributed by atoms with van der Waals surface area (Å²) >= 11 is 5.87. The van der Waals surface area contributed by atoms with Crippen molar-refractivity contribution in [2.75, 3.05) is 11.9 Å². The molecule has 2 fully saturated rings. The smallest absolute Gasteiger partial charge is 0.252 e. The number of nitrogens with two attached hydrogens (primary N) is 1. The topological polar surface area (TPSA) is 97.6 Å². The molecule has 9 heteroatoms. The van der Waals surface area contributed by atoms with E-state index < -0.39 is 5.91 Å². The number of benzene rings is 1. The highest BCUT2D eigenvalue weighted by molar-refractivity contribution is 6.31. The van der Waals surface area contributed by atoms with Crippen LogP contribution >= 0.6 is 11.6 Å². The maximum Gasteiger partial charge on any atom is 0.252 e. The van der Waals surface area contributed by atoms with Crippen LogP contribution in [0, 0.1) is 5.82 Å². The second-order valence-corrected chi connectivity index (χ2v) is 8.06. The number of hydrogen-bond donors (Lipinski definition) is 2. The number of nitrogens with zero attached hydrogens (tertiary/aromatic N) is 2. The van der Waals surface area contributed by atoms with Crippen molar-refractivity contribution in [3.63, 3.8) is 0 Å². The molecule has 2 aromatic rings. The van der Waals surface area contributed by atoms with Crippen LogP contribution in [-0.2, 0) is 4.79 Å². The van der Waals surface area contributed by atoms with E-state index in [-0.39, 0.29) is 47.8 Å². The molecule has 0 saturated carbocycles. The summed E-state index contributed by atoms with van der Waals surface area (Å²) in [4.78, 5) is 30.5. The van der Waals surface area contributed by atoms with Crippen molar-refractivity contribution in [1.82, 2.24) is 9.88 Å². The second kappa shape index (κ2) is 8.47. The van der Waals surface area contributed by atoms with Crippen molar-refractivity contribution in [2.24, 2.45) is 5.73 Å². The number of pyridine rings is 1. The molecule has 2 aliphatic rings. The predicted octanol–water partition coefficient (Wildman–Crippen LogP) is 2.99. The van der Waals surface area contributed by atoms with Gasteiger partial charge < -0.3 is 20.7 Å². The molecule has 0 spiro atoms. The Hall–Kier alpha value is -2.87. The van der Waals surface area contributed by atoms with Gasteiger partial charge in [-0.05, 0) is 43.2 Å². The van der Waals surface area contributed by atoms with E-state index in [0.29, 0.717) is 10.8 Å². The Morgan fingerprint density at radius 3 is 2.53 bits per heavy atom. The van der Waals surface area contributed by atoms with Crippen LogP contribution in [0.3, 0.4) is 0 Å². The van der Waals surface area contributed by atoms with E-state index in [4.69, 9.17) is 22.1 Å². The molecule has 0 radical (unpaired) electrons. The first kappa shape index (κ1) is 20.4. The van der Waals surface area contributed by atoms with E-state index in [1.54, 1.807) is 12.1 Å². The summed E-state index contributed by atoms with van der Waals surface area (Å²) in [6, 6.07) is 7.60. The summed E-state index contributed by atoms with van der Waals surface area (Å²) in [5.41, 5.74) is 5.51. The minimum absolute atomic E-state index is 0.00536. The number of carbonyl (C=O) groups is 2. The van der Waals surface area contributed by atoms with Crippen molar-refractivity contribution >= 4 is 29.2 Å². The number of fused-ring (bicyclic) bond motifs is 2. The average molecular weight is 433 g/mol. The fourth-order valence-electron chi connectivity index (χ4n) is 4.35. The first-order valence-corrected chi connectivity index (χ1v) is 10.2. The summed E-state index contributed by atoms with van der Waals surface area (Å²) in [5, 5.41) is 3.21. The van der Waals surface area contributed by atoms with Gasteiger partial charge >= 0.3 is 0 Å². The highest BCUT2D eigenvalue weighted by Gasteiger charge is 2.43. The maximum atomic E-state index is 13.1. The lowest BCUT2D eigenvalue weighted by Crippen LogP contribution is -2.51. The lowest BCUT2D eigenvalue weighted by atomic mass is 9.99. The molecular weight excluding hydrogens is 411 g/mol. The number of piperidine rings is 1. The quantitative estimate of drug-likeness (QED) is 0.731. The molecule has 30 heavy (non-hydrogen) atoms. The van der Waals surface area contributed by atoms with Gasteiger partial charge in [0, 0.05) is 31.1 Å². The SMILES string of the molecule is NC(=O)c1cc(Cl)cnc1NCC(=O)N1[C@@H]2CC[C@H]1CC(Oc1ccc(F)cc1)C2. The number of rotatable bonds is 6. The van der Waals surface area contributed by atoms with Crippen LogP contribution in [0.2, 0.25) is 5.02 Å². The van der Waals surface area contributed by atoms with Gasteiger partial charge in [-0.15, -0.1) is 0 Å². The first-order chi connectivity index (χ1) is 14.4. The molecule has 1 aromatic heterocycles. The Kier molecular flexibility index (Phi) is 5.76. The van der Waals surface area contributed by atoms with Gasteiger partial charge in [-0.3, -0.25) is 9.59 Å². The average Bonchev–Trinajstić information content (AvgIpc) is 2.99.